The van der Waals surface area contributed by atoms with Crippen molar-refractivity contribution in [2.75, 3.05) is 39.3 Å². The highest BCUT2D eigenvalue weighted by atomic mass is 35.5. The number of benzene rings is 2. The van der Waals surface area contributed by atoms with E-state index < -0.39 is 0 Å². The standard InChI is InChI=1S/C30H35FN4O4.2ClH/c31-21-4-5-29-24(16-21)20(19-39-29)18-38-28-3-1-2-26-25(28)17-27(33-26)30(37)32-22-6-10-34(11-7-22)14-15-35-12-8-23(36)9-13-35;;/h1-5,16-17,19,22-23,33,36H,6-15,18H2,(H,32,37);2*1H. The van der Waals surface area contributed by atoms with Crippen LogP contribution in [0.3, 0.4) is 0 Å². The second-order valence-electron chi connectivity index (χ2n) is 10.8. The van der Waals surface area contributed by atoms with Gasteiger partial charge in [0.15, 0.2) is 0 Å². The Hall–Kier alpha value is -2.82. The Labute approximate surface area is 251 Å². The Morgan fingerprint density at radius 1 is 1.00 bits per heavy atom. The number of aromatic amines is 1. The van der Waals surface area contributed by atoms with Crippen LogP contribution >= 0.6 is 24.8 Å². The highest BCUT2D eigenvalue weighted by Gasteiger charge is 2.23. The zero-order chi connectivity index (χ0) is 26.8. The molecule has 0 unspecified atom stereocenters. The molecule has 2 saturated heterocycles. The Balaban J connectivity index is 0.00000194. The first-order chi connectivity index (χ1) is 19.0. The average Bonchev–Trinajstić information content (AvgIpc) is 3.57. The van der Waals surface area contributed by atoms with E-state index in [2.05, 4.69) is 20.1 Å². The maximum atomic E-state index is 13.7. The molecule has 4 heterocycles. The smallest absolute Gasteiger partial charge is 0.267 e. The molecule has 2 aromatic heterocycles. The molecular weight excluding hydrogens is 570 g/mol. The SMILES string of the molecule is Cl.Cl.O=C(NC1CCN(CCN2CCC(O)CC2)CC1)c1cc2c(OCc3coc4ccc(F)cc34)cccc2[nH]1. The summed E-state index contributed by atoms with van der Waals surface area (Å²) in [5.41, 5.74) is 2.70. The third kappa shape index (κ3) is 7.34. The molecule has 1 amide bonds. The average molecular weight is 608 g/mol. The van der Waals surface area contributed by atoms with Crippen molar-refractivity contribution in [3.05, 3.63) is 65.8 Å². The lowest BCUT2D eigenvalue weighted by molar-refractivity contribution is 0.0729. The first-order valence-corrected chi connectivity index (χ1v) is 13.9. The zero-order valence-electron chi connectivity index (χ0n) is 22.8. The Kier molecular flexibility index (Phi) is 10.5. The van der Waals surface area contributed by atoms with Gasteiger partial charge in [0.1, 0.15) is 29.5 Å². The first-order valence-electron chi connectivity index (χ1n) is 13.9. The number of ether oxygens (including phenoxy) is 1. The number of aromatic nitrogens is 1. The van der Waals surface area contributed by atoms with Crippen LogP contribution in [0.15, 0.2) is 53.1 Å². The van der Waals surface area contributed by atoms with Crippen LogP contribution in [0.5, 0.6) is 5.75 Å². The maximum Gasteiger partial charge on any atom is 0.267 e. The molecule has 2 aliphatic rings. The number of nitrogens with one attached hydrogen (secondary N) is 2. The molecule has 8 nitrogen and oxygen atoms in total. The summed E-state index contributed by atoms with van der Waals surface area (Å²) in [5.74, 6) is 0.210. The number of halogens is 3. The van der Waals surface area contributed by atoms with Crippen molar-refractivity contribution in [3.8, 4) is 5.75 Å². The van der Waals surface area contributed by atoms with E-state index in [0.717, 1.165) is 81.4 Å². The molecular formula is C30H37Cl2FN4O4. The van der Waals surface area contributed by atoms with Crippen molar-refractivity contribution in [2.24, 2.45) is 0 Å². The molecule has 0 bridgehead atoms. The monoisotopic (exact) mass is 606 g/mol. The number of furan rings is 1. The van der Waals surface area contributed by atoms with Gasteiger partial charge in [0, 0.05) is 67.2 Å². The third-order valence-corrected chi connectivity index (χ3v) is 8.08. The molecule has 6 rings (SSSR count). The van der Waals surface area contributed by atoms with Crippen LogP contribution < -0.4 is 10.1 Å². The van der Waals surface area contributed by atoms with Gasteiger partial charge in [-0.1, -0.05) is 6.07 Å². The summed E-state index contributed by atoms with van der Waals surface area (Å²) in [4.78, 5) is 21.2. The van der Waals surface area contributed by atoms with Crippen molar-refractivity contribution in [1.82, 2.24) is 20.1 Å². The number of nitrogens with zero attached hydrogens (tertiary/aromatic N) is 2. The lowest BCUT2D eigenvalue weighted by Crippen LogP contribution is -2.47. The van der Waals surface area contributed by atoms with Gasteiger partial charge in [-0.2, -0.15) is 0 Å². The number of carbonyl (C=O) groups is 1. The largest absolute Gasteiger partial charge is 0.488 e. The third-order valence-electron chi connectivity index (χ3n) is 8.08. The van der Waals surface area contributed by atoms with E-state index >= 15 is 0 Å². The van der Waals surface area contributed by atoms with Crippen LogP contribution in [0, 0.1) is 5.82 Å². The fraction of sp³-hybridized carbons (Fsp3) is 0.433. The number of aliphatic hydroxyl groups is 1. The molecule has 2 aliphatic heterocycles. The summed E-state index contributed by atoms with van der Waals surface area (Å²) in [6.45, 7) is 6.19. The topological polar surface area (TPSA) is 94.0 Å². The van der Waals surface area contributed by atoms with Crippen LogP contribution in [-0.2, 0) is 6.61 Å². The fourth-order valence-electron chi connectivity index (χ4n) is 5.69. The van der Waals surface area contributed by atoms with Gasteiger partial charge in [0.25, 0.3) is 5.91 Å². The molecule has 2 aromatic carbocycles. The number of H-pyrrole nitrogens is 1. The van der Waals surface area contributed by atoms with E-state index in [1.807, 2.05) is 24.3 Å². The maximum absolute atomic E-state index is 13.7. The van der Waals surface area contributed by atoms with Crippen LogP contribution in [0.25, 0.3) is 21.9 Å². The highest BCUT2D eigenvalue weighted by molar-refractivity contribution is 5.99. The minimum Gasteiger partial charge on any atom is -0.488 e. The summed E-state index contributed by atoms with van der Waals surface area (Å²) in [6, 6.07) is 12.1. The van der Waals surface area contributed by atoms with Crippen LogP contribution in [0.4, 0.5) is 4.39 Å². The highest BCUT2D eigenvalue weighted by Crippen LogP contribution is 2.29. The molecule has 11 heteroatoms. The van der Waals surface area contributed by atoms with E-state index in [4.69, 9.17) is 9.15 Å². The molecule has 41 heavy (non-hydrogen) atoms. The number of hydrogen-bond acceptors (Lipinski definition) is 6. The number of amides is 1. The van der Waals surface area contributed by atoms with Crippen molar-refractivity contribution in [1.29, 1.82) is 0 Å². The van der Waals surface area contributed by atoms with Crippen molar-refractivity contribution in [2.45, 2.75) is 44.4 Å². The van der Waals surface area contributed by atoms with E-state index in [0.29, 0.717) is 22.4 Å². The normalized spacial score (nSPS) is 17.3. The number of fused-ring (bicyclic) bond motifs is 2. The number of likely N-dealkylation sites (tertiary alicyclic amines) is 2. The van der Waals surface area contributed by atoms with E-state index in [1.54, 1.807) is 12.3 Å². The lowest BCUT2D eigenvalue weighted by Gasteiger charge is -2.35. The molecule has 3 N–H and O–H groups in total. The summed E-state index contributed by atoms with van der Waals surface area (Å²) >= 11 is 0. The molecule has 0 aliphatic carbocycles. The van der Waals surface area contributed by atoms with Gasteiger partial charge in [0.2, 0.25) is 0 Å². The Morgan fingerprint density at radius 3 is 2.44 bits per heavy atom. The van der Waals surface area contributed by atoms with Crippen LogP contribution in [0.2, 0.25) is 0 Å². The molecule has 222 valence electrons. The van der Waals surface area contributed by atoms with Gasteiger partial charge in [-0.25, -0.2) is 4.39 Å². The molecule has 4 aromatic rings. The van der Waals surface area contributed by atoms with Gasteiger partial charge < -0.3 is 34.4 Å². The quantitative estimate of drug-likeness (QED) is 0.257. The predicted molar refractivity (Wildman–Crippen MR) is 162 cm³/mol. The Bertz CT molecular complexity index is 1450. The zero-order valence-corrected chi connectivity index (χ0v) is 24.4. The minimum absolute atomic E-state index is 0. The predicted octanol–water partition coefficient (Wildman–Crippen LogP) is 5.13. The molecule has 0 saturated carbocycles. The van der Waals surface area contributed by atoms with Crippen molar-refractivity contribution in [3.63, 3.8) is 0 Å². The van der Waals surface area contributed by atoms with Crippen molar-refractivity contribution < 1.29 is 23.4 Å². The molecule has 2 fully saturated rings. The van der Waals surface area contributed by atoms with Gasteiger partial charge in [-0.3, -0.25) is 4.79 Å². The van der Waals surface area contributed by atoms with Gasteiger partial charge >= 0.3 is 0 Å². The first kappa shape index (κ1) is 31.1. The van der Waals surface area contributed by atoms with E-state index in [1.165, 1.54) is 12.1 Å². The van der Waals surface area contributed by atoms with Gasteiger partial charge in [-0.15, -0.1) is 24.8 Å². The fourth-order valence-corrected chi connectivity index (χ4v) is 5.69. The molecule has 0 spiro atoms. The number of rotatable bonds is 8. The summed E-state index contributed by atoms with van der Waals surface area (Å²) in [7, 11) is 0. The number of carbonyl (C=O) groups excluding carboxylic acids is 1. The molecule has 0 radical (unpaired) electrons. The van der Waals surface area contributed by atoms with Gasteiger partial charge in [-0.05, 0) is 62.1 Å². The Morgan fingerprint density at radius 2 is 1.71 bits per heavy atom. The van der Waals surface area contributed by atoms with Crippen molar-refractivity contribution >= 4 is 52.6 Å². The van der Waals surface area contributed by atoms with E-state index in [9.17, 15) is 14.3 Å². The number of aliphatic hydroxyl groups excluding tert-OH is 1. The summed E-state index contributed by atoms with van der Waals surface area (Å²) < 4.78 is 25.3. The van der Waals surface area contributed by atoms with Crippen LogP contribution in [-0.4, -0.2) is 77.2 Å². The van der Waals surface area contributed by atoms with Gasteiger partial charge in [0.05, 0.1) is 12.4 Å². The van der Waals surface area contributed by atoms with E-state index in [-0.39, 0.29) is 55.3 Å². The second-order valence-corrected chi connectivity index (χ2v) is 10.8. The summed E-state index contributed by atoms with van der Waals surface area (Å²) in [5, 5.41) is 14.4. The summed E-state index contributed by atoms with van der Waals surface area (Å²) in [6.07, 6.45) is 5.06. The molecule has 0 atom stereocenters. The minimum atomic E-state index is -0.321. The van der Waals surface area contributed by atoms with Crippen LogP contribution in [0.1, 0.15) is 41.7 Å². The number of piperidine rings is 2. The second kappa shape index (κ2) is 13.9. The number of hydrogen-bond donors (Lipinski definition) is 3. The lowest BCUT2D eigenvalue weighted by atomic mass is 10.0.